The Morgan fingerprint density at radius 2 is 2.04 bits per heavy atom. The quantitative estimate of drug-likeness (QED) is 0.662. The number of rotatable bonds is 8. The van der Waals surface area contributed by atoms with Crippen molar-refractivity contribution in [2.45, 2.75) is 38.0 Å². The molecule has 6 nitrogen and oxygen atoms in total. The Morgan fingerprint density at radius 1 is 1.27 bits per heavy atom. The molecule has 0 bridgehead atoms. The first kappa shape index (κ1) is 18.9. The molecule has 26 heavy (non-hydrogen) atoms. The molecule has 0 N–H and O–H groups in total. The van der Waals surface area contributed by atoms with Gasteiger partial charge < -0.3 is 9.64 Å². The molecule has 1 aromatic heterocycles. The molecule has 1 aliphatic heterocycles. The highest BCUT2D eigenvalue weighted by atomic mass is 32.2. The lowest BCUT2D eigenvalue weighted by molar-refractivity contribution is 0.230. The molecule has 0 radical (unpaired) electrons. The zero-order valence-electron chi connectivity index (χ0n) is 15.5. The minimum absolute atomic E-state index is 0.00380. The Balaban J connectivity index is 1.49. The van der Waals surface area contributed by atoms with E-state index >= 15 is 0 Å². The lowest BCUT2D eigenvalue weighted by atomic mass is 10.2. The summed E-state index contributed by atoms with van der Waals surface area (Å²) in [5.74, 6) is 0.843. The molecule has 0 unspecified atom stereocenters. The van der Waals surface area contributed by atoms with Crippen LogP contribution in [-0.2, 0) is 15.6 Å². The zero-order valence-corrected chi connectivity index (χ0v) is 16.3. The van der Waals surface area contributed by atoms with Crippen LogP contribution in [0.3, 0.4) is 0 Å². The molecule has 1 aromatic carbocycles. The van der Waals surface area contributed by atoms with E-state index in [1.807, 2.05) is 24.3 Å². The van der Waals surface area contributed by atoms with Crippen LogP contribution in [-0.4, -0.2) is 55.1 Å². The summed E-state index contributed by atoms with van der Waals surface area (Å²) in [5.41, 5.74) is 1.56. The van der Waals surface area contributed by atoms with Gasteiger partial charge in [0.25, 0.3) is 0 Å². The molecule has 1 aliphatic rings. The largest absolute Gasteiger partial charge is 0.494 e. The third kappa shape index (κ3) is 5.32. The minimum atomic E-state index is -3.05. The van der Waals surface area contributed by atoms with Crippen LogP contribution in [0, 0.1) is 0 Å². The van der Waals surface area contributed by atoms with Crippen LogP contribution in [0.25, 0.3) is 5.69 Å². The van der Waals surface area contributed by atoms with Gasteiger partial charge in [0.2, 0.25) is 0 Å². The van der Waals surface area contributed by atoms with Crippen molar-refractivity contribution in [1.29, 1.82) is 0 Å². The number of aromatic nitrogens is 2. The van der Waals surface area contributed by atoms with Gasteiger partial charge in [0.15, 0.2) is 9.84 Å². The van der Waals surface area contributed by atoms with Gasteiger partial charge in [-0.05, 0) is 57.0 Å². The second-order valence-electron chi connectivity index (χ2n) is 7.09. The second kappa shape index (κ2) is 8.22. The van der Waals surface area contributed by atoms with Crippen LogP contribution >= 0.6 is 0 Å². The van der Waals surface area contributed by atoms with Crippen molar-refractivity contribution in [3.8, 4) is 11.4 Å². The van der Waals surface area contributed by atoms with Crippen molar-refractivity contribution in [2.24, 2.45) is 0 Å². The Labute approximate surface area is 155 Å². The molecule has 1 saturated heterocycles. The van der Waals surface area contributed by atoms with Crippen molar-refractivity contribution in [3.05, 3.63) is 42.2 Å². The molecule has 0 saturated carbocycles. The molecule has 142 valence electrons. The predicted octanol–water partition coefficient (Wildman–Crippen LogP) is 2.67. The summed E-state index contributed by atoms with van der Waals surface area (Å²) in [7, 11) is -3.05. The van der Waals surface area contributed by atoms with Crippen molar-refractivity contribution in [3.63, 3.8) is 0 Å². The van der Waals surface area contributed by atoms with Crippen LogP contribution in [0.4, 0.5) is 0 Å². The number of benzene rings is 1. The first-order chi connectivity index (χ1) is 12.4. The van der Waals surface area contributed by atoms with E-state index in [0.29, 0.717) is 18.2 Å². The van der Waals surface area contributed by atoms with Gasteiger partial charge in [0, 0.05) is 30.6 Å². The standard InChI is InChI=1S/C19H27N3O3S/c1-16-5-3-10-21(16)11-4-12-25-19-8-6-18(7-9-19)22-14-17(13-20-22)15-26(2,23)24/h6-9,13-14,16H,3-5,10-12,15H2,1-2H3/t16-/m1/s1. The van der Waals surface area contributed by atoms with Gasteiger partial charge in [-0.25, -0.2) is 13.1 Å². The second-order valence-corrected chi connectivity index (χ2v) is 9.23. The number of hydrogen-bond donors (Lipinski definition) is 0. The summed E-state index contributed by atoms with van der Waals surface area (Å²) in [4.78, 5) is 2.53. The number of likely N-dealkylation sites (tertiary alicyclic amines) is 1. The maximum absolute atomic E-state index is 11.4. The smallest absolute Gasteiger partial charge is 0.151 e. The highest BCUT2D eigenvalue weighted by molar-refractivity contribution is 7.89. The van der Waals surface area contributed by atoms with Gasteiger partial charge in [-0.15, -0.1) is 0 Å². The highest BCUT2D eigenvalue weighted by Crippen LogP contribution is 2.18. The minimum Gasteiger partial charge on any atom is -0.494 e. The third-order valence-corrected chi connectivity index (χ3v) is 5.57. The molecule has 1 fully saturated rings. The highest BCUT2D eigenvalue weighted by Gasteiger charge is 2.19. The molecule has 0 aliphatic carbocycles. The molecule has 2 heterocycles. The molecule has 0 spiro atoms. The van der Waals surface area contributed by atoms with E-state index in [4.69, 9.17) is 4.74 Å². The molecule has 3 rings (SSSR count). The predicted molar refractivity (Wildman–Crippen MR) is 102 cm³/mol. The number of hydrogen-bond acceptors (Lipinski definition) is 5. The molecular weight excluding hydrogens is 350 g/mol. The van der Waals surface area contributed by atoms with Gasteiger partial charge >= 0.3 is 0 Å². The lowest BCUT2D eigenvalue weighted by Gasteiger charge is -2.20. The van der Waals surface area contributed by atoms with Crippen molar-refractivity contribution in [2.75, 3.05) is 26.0 Å². The van der Waals surface area contributed by atoms with E-state index in [2.05, 4.69) is 16.9 Å². The Morgan fingerprint density at radius 3 is 2.69 bits per heavy atom. The summed E-state index contributed by atoms with van der Waals surface area (Å²) >= 11 is 0. The average Bonchev–Trinajstić information content (AvgIpc) is 3.20. The first-order valence-corrected chi connectivity index (χ1v) is 11.2. The molecule has 7 heteroatoms. The third-order valence-electron chi connectivity index (χ3n) is 4.72. The molecule has 1 atom stereocenters. The van der Waals surface area contributed by atoms with E-state index in [1.165, 1.54) is 25.6 Å². The summed E-state index contributed by atoms with van der Waals surface area (Å²) in [5, 5.41) is 4.23. The van der Waals surface area contributed by atoms with Gasteiger partial charge in [-0.2, -0.15) is 5.10 Å². The molecule has 0 amide bonds. The van der Waals surface area contributed by atoms with E-state index in [0.717, 1.165) is 24.4 Å². The average molecular weight is 378 g/mol. The number of ether oxygens (including phenoxy) is 1. The van der Waals surface area contributed by atoms with Crippen LogP contribution in [0.1, 0.15) is 31.7 Å². The topological polar surface area (TPSA) is 64.4 Å². The maximum Gasteiger partial charge on any atom is 0.151 e. The van der Waals surface area contributed by atoms with Crippen LogP contribution in [0.5, 0.6) is 5.75 Å². The molecule has 2 aromatic rings. The summed E-state index contributed by atoms with van der Waals surface area (Å²) in [6, 6.07) is 8.40. The van der Waals surface area contributed by atoms with Crippen LogP contribution in [0.15, 0.2) is 36.7 Å². The van der Waals surface area contributed by atoms with Gasteiger partial charge in [0.1, 0.15) is 5.75 Å². The Kier molecular flexibility index (Phi) is 5.98. The van der Waals surface area contributed by atoms with Gasteiger partial charge in [0.05, 0.1) is 24.2 Å². The van der Waals surface area contributed by atoms with E-state index in [9.17, 15) is 8.42 Å². The Hall–Kier alpha value is -1.86. The zero-order chi connectivity index (χ0) is 18.6. The van der Waals surface area contributed by atoms with Crippen molar-refractivity contribution >= 4 is 9.84 Å². The van der Waals surface area contributed by atoms with Gasteiger partial charge in [-0.1, -0.05) is 0 Å². The van der Waals surface area contributed by atoms with Crippen LogP contribution in [0.2, 0.25) is 0 Å². The fraction of sp³-hybridized carbons (Fsp3) is 0.526. The molecular formula is C19H27N3O3S. The fourth-order valence-electron chi connectivity index (χ4n) is 3.36. The van der Waals surface area contributed by atoms with E-state index in [1.54, 1.807) is 17.1 Å². The maximum atomic E-state index is 11.4. The van der Waals surface area contributed by atoms with Crippen molar-refractivity contribution in [1.82, 2.24) is 14.7 Å². The normalized spacial score (nSPS) is 18.3. The van der Waals surface area contributed by atoms with Gasteiger partial charge in [-0.3, -0.25) is 0 Å². The SMILES string of the molecule is C[C@@H]1CCCN1CCCOc1ccc(-n2cc(CS(C)(=O)=O)cn2)cc1. The summed E-state index contributed by atoms with van der Waals surface area (Å²) in [6.45, 7) is 5.31. The monoisotopic (exact) mass is 377 g/mol. The van der Waals surface area contributed by atoms with Crippen molar-refractivity contribution < 1.29 is 13.2 Å². The van der Waals surface area contributed by atoms with E-state index in [-0.39, 0.29) is 5.75 Å². The summed E-state index contributed by atoms with van der Waals surface area (Å²) in [6.07, 6.45) is 8.20. The van der Waals surface area contributed by atoms with E-state index < -0.39 is 9.84 Å². The fourth-order valence-corrected chi connectivity index (χ4v) is 4.11. The lowest BCUT2D eigenvalue weighted by Crippen LogP contribution is -2.28. The number of nitrogens with zero attached hydrogens (tertiary/aromatic N) is 3. The first-order valence-electron chi connectivity index (χ1n) is 9.09. The Bertz CT molecular complexity index is 815. The summed E-state index contributed by atoms with van der Waals surface area (Å²) < 4.78 is 30.2. The number of sulfone groups is 1. The van der Waals surface area contributed by atoms with Crippen LogP contribution < -0.4 is 4.74 Å².